The Labute approximate surface area is 234 Å². The first-order chi connectivity index (χ1) is 18.6. The normalized spacial score (nSPS) is 40.1. The fraction of sp³-hybridized carbons (Fsp3) is 0.758. The van der Waals surface area contributed by atoms with Gasteiger partial charge in [0.2, 0.25) is 0 Å². The number of ether oxygens (including phenoxy) is 1. The molecule has 1 aromatic rings. The molecule has 10 unspecified atom stereocenters. The highest BCUT2D eigenvalue weighted by Gasteiger charge is 2.63. The van der Waals surface area contributed by atoms with E-state index in [0.29, 0.717) is 53.1 Å². The van der Waals surface area contributed by atoms with Crippen LogP contribution in [0.4, 0.5) is 0 Å². The summed E-state index contributed by atoms with van der Waals surface area (Å²) >= 11 is 0. The van der Waals surface area contributed by atoms with Crippen LogP contribution in [0.5, 0.6) is 0 Å². The van der Waals surface area contributed by atoms with E-state index in [-0.39, 0.29) is 41.5 Å². The van der Waals surface area contributed by atoms with Crippen LogP contribution < -0.4 is 5.32 Å². The molecule has 0 aromatic heterocycles. The summed E-state index contributed by atoms with van der Waals surface area (Å²) in [5.74, 6) is 2.90. The topological polar surface area (TPSA) is 95.9 Å². The first kappa shape index (κ1) is 28.6. The quantitative estimate of drug-likeness (QED) is 0.398. The highest BCUT2D eigenvalue weighted by molar-refractivity contribution is 5.95. The zero-order valence-corrected chi connectivity index (χ0v) is 24.3. The molecule has 0 saturated heterocycles. The molecule has 0 aliphatic heterocycles. The highest BCUT2D eigenvalue weighted by Crippen LogP contribution is 2.68. The Kier molecular flexibility index (Phi) is 8.18. The Morgan fingerprint density at radius 1 is 1.08 bits per heavy atom. The molecule has 216 valence electrons. The molecule has 4 fully saturated rings. The van der Waals surface area contributed by atoms with Crippen molar-refractivity contribution in [2.75, 3.05) is 7.11 Å². The number of methoxy groups -OCH3 is 1. The number of fused-ring (bicyclic) bond motifs is 5. The average Bonchev–Trinajstić information content (AvgIpc) is 3.31. The summed E-state index contributed by atoms with van der Waals surface area (Å²) in [6.07, 6.45) is 9.66. The van der Waals surface area contributed by atoms with Crippen molar-refractivity contribution in [2.45, 2.75) is 104 Å². The molecule has 4 aliphatic carbocycles. The Morgan fingerprint density at radius 3 is 2.59 bits per heavy atom. The van der Waals surface area contributed by atoms with Crippen molar-refractivity contribution in [2.24, 2.45) is 46.3 Å². The van der Waals surface area contributed by atoms with Gasteiger partial charge >= 0.3 is 5.97 Å². The number of esters is 1. The van der Waals surface area contributed by atoms with Gasteiger partial charge in [0.05, 0.1) is 19.8 Å². The van der Waals surface area contributed by atoms with Crippen molar-refractivity contribution in [3.8, 4) is 0 Å². The lowest BCUT2D eigenvalue weighted by Gasteiger charge is -2.62. The van der Waals surface area contributed by atoms with Crippen LogP contribution in [0.15, 0.2) is 24.3 Å². The summed E-state index contributed by atoms with van der Waals surface area (Å²) in [4.78, 5) is 24.9. The van der Waals surface area contributed by atoms with Gasteiger partial charge in [-0.15, -0.1) is 0 Å². The van der Waals surface area contributed by atoms with Gasteiger partial charge < -0.3 is 20.3 Å². The third-order valence-electron chi connectivity index (χ3n) is 12.3. The van der Waals surface area contributed by atoms with Crippen LogP contribution in [0.3, 0.4) is 0 Å². The van der Waals surface area contributed by atoms with E-state index in [9.17, 15) is 19.8 Å². The molecule has 0 radical (unpaired) electrons. The Morgan fingerprint density at radius 2 is 1.85 bits per heavy atom. The lowest BCUT2D eigenvalue weighted by Crippen LogP contribution is -2.59. The zero-order chi connectivity index (χ0) is 27.9. The number of amides is 1. The molecule has 10 atom stereocenters. The summed E-state index contributed by atoms with van der Waals surface area (Å²) in [6.45, 7) is 6.97. The predicted molar refractivity (Wildman–Crippen MR) is 151 cm³/mol. The SMILES string of the molecule is COC(=O)CCC(C)C1CCC2C3CCC4CC(NC(=O)c5ccccc5CO)CCC4(C)C3CC(O)C12C. The lowest BCUT2D eigenvalue weighted by atomic mass is 9.43. The van der Waals surface area contributed by atoms with E-state index < -0.39 is 0 Å². The molecule has 4 aliphatic rings. The van der Waals surface area contributed by atoms with E-state index in [1.54, 1.807) is 6.07 Å². The summed E-state index contributed by atoms with van der Waals surface area (Å²) < 4.78 is 4.89. The predicted octanol–water partition coefficient (Wildman–Crippen LogP) is 5.50. The number of nitrogens with one attached hydrogen (secondary N) is 1. The number of carbonyl (C=O) groups is 2. The molecule has 0 bridgehead atoms. The van der Waals surface area contributed by atoms with Crippen molar-refractivity contribution in [3.63, 3.8) is 0 Å². The maximum absolute atomic E-state index is 13.1. The largest absolute Gasteiger partial charge is 0.469 e. The van der Waals surface area contributed by atoms with E-state index in [1.807, 2.05) is 18.2 Å². The first-order valence-electron chi connectivity index (χ1n) is 15.4. The number of benzene rings is 1. The van der Waals surface area contributed by atoms with Crippen molar-refractivity contribution < 1.29 is 24.5 Å². The third kappa shape index (κ3) is 4.94. The van der Waals surface area contributed by atoms with Gasteiger partial charge in [-0.3, -0.25) is 9.59 Å². The molecule has 6 heteroatoms. The van der Waals surface area contributed by atoms with E-state index in [0.717, 1.165) is 38.5 Å². The Balaban J connectivity index is 1.26. The van der Waals surface area contributed by atoms with Crippen LogP contribution in [0, 0.1) is 46.3 Å². The minimum Gasteiger partial charge on any atom is -0.469 e. The number of aliphatic hydroxyl groups excluding tert-OH is 2. The van der Waals surface area contributed by atoms with E-state index in [2.05, 4.69) is 26.1 Å². The smallest absolute Gasteiger partial charge is 0.305 e. The molecule has 0 heterocycles. The van der Waals surface area contributed by atoms with Crippen LogP contribution in [-0.2, 0) is 16.1 Å². The number of hydrogen-bond donors (Lipinski definition) is 3. The number of aliphatic hydroxyl groups is 2. The summed E-state index contributed by atoms with van der Waals surface area (Å²) in [5.41, 5.74) is 1.36. The standard InChI is InChI=1S/C33H49NO5/c1-20(9-14-30(37)39-4)26-12-13-27-25-11-10-22-17-23(34-31(38)24-8-6-5-7-21(24)19-35)15-16-32(22,2)28(25)18-29(36)33(26,27)3/h5-8,20,22-23,25-29,35-36H,9-19H2,1-4H3,(H,34,38). The average molecular weight is 540 g/mol. The Hall–Kier alpha value is -1.92. The number of hydrogen-bond acceptors (Lipinski definition) is 5. The molecule has 4 saturated carbocycles. The van der Waals surface area contributed by atoms with Gasteiger partial charge in [-0.2, -0.15) is 0 Å². The Bertz CT molecular complexity index is 1060. The van der Waals surface area contributed by atoms with Gasteiger partial charge in [-0.25, -0.2) is 0 Å². The van der Waals surface area contributed by atoms with E-state index in [4.69, 9.17) is 4.74 Å². The van der Waals surface area contributed by atoms with Gasteiger partial charge in [0, 0.05) is 18.0 Å². The van der Waals surface area contributed by atoms with Crippen molar-refractivity contribution in [3.05, 3.63) is 35.4 Å². The van der Waals surface area contributed by atoms with E-state index >= 15 is 0 Å². The first-order valence-corrected chi connectivity index (χ1v) is 15.4. The van der Waals surface area contributed by atoms with Crippen LogP contribution in [0.1, 0.15) is 101 Å². The number of rotatable bonds is 7. The van der Waals surface area contributed by atoms with Crippen molar-refractivity contribution in [1.29, 1.82) is 0 Å². The molecular weight excluding hydrogens is 490 g/mol. The molecule has 39 heavy (non-hydrogen) atoms. The summed E-state index contributed by atoms with van der Waals surface area (Å²) in [7, 11) is 1.46. The van der Waals surface area contributed by atoms with Gasteiger partial charge in [-0.05, 0) is 116 Å². The van der Waals surface area contributed by atoms with Gasteiger partial charge in [0.1, 0.15) is 0 Å². The minimum atomic E-state index is -0.306. The van der Waals surface area contributed by atoms with Crippen LogP contribution >= 0.6 is 0 Å². The van der Waals surface area contributed by atoms with E-state index in [1.165, 1.54) is 26.4 Å². The van der Waals surface area contributed by atoms with Gasteiger partial charge in [-0.1, -0.05) is 39.0 Å². The zero-order valence-electron chi connectivity index (χ0n) is 24.3. The molecule has 0 spiro atoms. The third-order valence-corrected chi connectivity index (χ3v) is 12.3. The van der Waals surface area contributed by atoms with Crippen LogP contribution in [0.2, 0.25) is 0 Å². The second kappa shape index (κ2) is 11.2. The maximum atomic E-state index is 13.1. The summed E-state index contributed by atoms with van der Waals surface area (Å²) in [6, 6.07) is 7.47. The molecular formula is C33H49NO5. The molecule has 3 N–H and O–H groups in total. The second-order valence-corrected chi connectivity index (χ2v) is 13.8. The lowest BCUT2D eigenvalue weighted by molar-refractivity contribution is -0.169. The van der Waals surface area contributed by atoms with Crippen LogP contribution in [-0.4, -0.2) is 41.3 Å². The summed E-state index contributed by atoms with van der Waals surface area (Å²) in [5, 5.41) is 24.8. The van der Waals surface area contributed by atoms with Crippen molar-refractivity contribution in [1.82, 2.24) is 5.32 Å². The van der Waals surface area contributed by atoms with Crippen LogP contribution in [0.25, 0.3) is 0 Å². The molecule has 1 aromatic carbocycles. The van der Waals surface area contributed by atoms with Gasteiger partial charge in [0.25, 0.3) is 5.91 Å². The number of carbonyl (C=O) groups excluding carboxylic acids is 2. The van der Waals surface area contributed by atoms with Gasteiger partial charge in [0.15, 0.2) is 0 Å². The van der Waals surface area contributed by atoms with Crippen molar-refractivity contribution >= 4 is 11.9 Å². The molecule has 6 nitrogen and oxygen atoms in total. The maximum Gasteiger partial charge on any atom is 0.305 e. The fourth-order valence-electron chi connectivity index (χ4n) is 10.1. The molecule has 5 rings (SSSR count). The minimum absolute atomic E-state index is 0.0782. The highest BCUT2D eigenvalue weighted by atomic mass is 16.5. The second-order valence-electron chi connectivity index (χ2n) is 13.8. The fourth-order valence-corrected chi connectivity index (χ4v) is 10.1. The molecule has 1 amide bonds. The monoisotopic (exact) mass is 539 g/mol.